The highest BCUT2D eigenvalue weighted by atomic mass is 79.9. The first kappa shape index (κ1) is 33.2. The smallest absolute Gasteiger partial charge is 0.301 e. The van der Waals surface area contributed by atoms with Crippen LogP contribution in [0, 0.1) is 38.0 Å². The fraction of sp³-hybridized carbons (Fsp3) is 0.312. The van der Waals surface area contributed by atoms with Crippen LogP contribution in [-0.2, 0) is 19.2 Å². The number of hydrogen-bond donors (Lipinski definition) is 1. The van der Waals surface area contributed by atoms with Gasteiger partial charge in [0.05, 0.1) is 39.0 Å². The van der Waals surface area contributed by atoms with Crippen LogP contribution in [0.1, 0.15) is 31.2 Å². The van der Waals surface area contributed by atoms with Crippen LogP contribution in [0.5, 0.6) is 11.5 Å². The fourth-order valence-corrected chi connectivity index (χ4v) is 8.38. The molecule has 6 rings (SSSR count). The van der Waals surface area contributed by atoms with E-state index in [2.05, 4.69) is 31.9 Å². The summed E-state index contributed by atoms with van der Waals surface area (Å²) < 4.78 is 6.00. The van der Waals surface area contributed by atoms with E-state index in [4.69, 9.17) is 4.74 Å². The molecule has 0 aromatic heterocycles. The molecule has 1 fully saturated rings. The molecule has 16 heteroatoms. The summed E-state index contributed by atoms with van der Waals surface area (Å²) in [7, 11) is 4.16. The fourth-order valence-electron chi connectivity index (χ4n) is 7.42. The molecule has 0 saturated carbocycles. The summed E-state index contributed by atoms with van der Waals surface area (Å²) in [5.74, 6) is -5.91. The SMILES string of the molecule is COc1cc(C2C3=CCC4C(=O)N(c5cc([N+](=O)[O-])c(N(C)C)c([N+](=O)[O-])c5)C(=O)C4C3CC3=C2C(=O)C=C(C)C3=O)c(Br)c(Br)c1O. The molecule has 48 heavy (non-hydrogen) atoms. The van der Waals surface area contributed by atoms with Gasteiger partial charge in [-0.05, 0) is 75.2 Å². The third kappa shape index (κ3) is 4.79. The lowest BCUT2D eigenvalue weighted by Crippen LogP contribution is -2.40. The summed E-state index contributed by atoms with van der Waals surface area (Å²) in [4.78, 5) is 80.0. The summed E-state index contributed by atoms with van der Waals surface area (Å²) in [6, 6.07) is 3.49. The van der Waals surface area contributed by atoms with Gasteiger partial charge in [0.1, 0.15) is 0 Å². The highest BCUT2D eigenvalue weighted by molar-refractivity contribution is 9.13. The van der Waals surface area contributed by atoms with Gasteiger partial charge in [0.15, 0.2) is 28.8 Å². The molecule has 4 atom stereocenters. The number of aromatic hydroxyl groups is 1. The molecule has 2 aromatic carbocycles. The van der Waals surface area contributed by atoms with Crippen LogP contribution in [0.15, 0.2) is 61.6 Å². The predicted octanol–water partition coefficient (Wildman–Crippen LogP) is 5.44. The van der Waals surface area contributed by atoms with Crippen molar-refractivity contribution < 1.29 is 38.9 Å². The maximum absolute atomic E-state index is 14.3. The number of nitrogens with zero attached hydrogens (tertiary/aromatic N) is 4. The van der Waals surface area contributed by atoms with Gasteiger partial charge in [-0.15, -0.1) is 0 Å². The minimum absolute atomic E-state index is 0.0324. The van der Waals surface area contributed by atoms with Crippen LogP contribution in [0.4, 0.5) is 22.7 Å². The van der Waals surface area contributed by atoms with Crippen LogP contribution in [0.2, 0.25) is 0 Å². The third-order valence-electron chi connectivity index (χ3n) is 9.42. The number of nitro benzene ring substituents is 2. The number of methoxy groups -OCH3 is 1. The number of nitro groups is 2. The first-order valence-electron chi connectivity index (χ1n) is 14.6. The van der Waals surface area contributed by atoms with E-state index in [-0.39, 0.29) is 68.5 Å². The molecular weight excluding hydrogens is 760 g/mol. The molecule has 248 valence electrons. The highest BCUT2D eigenvalue weighted by Crippen LogP contribution is 2.58. The minimum Gasteiger partial charge on any atom is -0.503 e. The highest BCUT2D eigenvalue weighted by Gasteiger charge is 2.57. The van der Waals surface area contributed by atoms with Crippen LogP contribution < -0.4 is 14.5 Å². The Labute approximate surface area is 289 Å². The van der Waals surface area contributed by atoms with Crippen molar-refractivity contribution in [3.8, 4) is 11.5 Å². The molecule has 1 saturated heterocycles. The predicted molar refractivity (Wildman–Crippen MR) is 178 cm³/mol. The zero-order chi connectivity index (χ0) is 35.1. The van der Waals surface area contributed by atoms with E-state index in [1.54, 1.807) is 6.08 Å². The van der Waals surface area contributed by atoms with E-state index >= 15 is 0 Å². The van der Waals surface area contributed by atoms with Crippen molar-refractivity contribution in [1.29, 1.82) is 0 Å². The molecule has 0 bridgehead atoms. The number of ketones is 2. The Morgan fingerprint density at radius 1 is 0.979 bits per heavy atom. The van der Waals surface area contributed by atoms with Gasteiger partial charge in [0.2, 0.25) is 11.8 Å². The van der Waals surface area contributed by atoms with Gasteiger partial charge >= 0.3 is 11.4 Å². The number of fused-ring (bicyclic) bond motifs is 3. The summed E-state index contributed by atoms with van der Waals surface area (Å²) >= 11 is 6.88. The number of amides is 2. The average Bonchev–Trinajstić information content (AvgIpc) is 3.30. The second kappa shape index (κ2) is 11.8. The zero-order valence-electron chi connectivity index (χ0n) is 25.8. The lowest BCUT2D eigenvalue weighted by Gasteiger charge is -2.42. The summed E-state index contributed by atoms with van der Waals surface area (Å²) in [5.41, 5.74) is -0.221. The monoisotopic (exact) mass is 784 g/mol. The van der Waals surface area contributed by atoms with E-state index in [0.29, 0.717) is 15.6 Å². The molecule has 1 aliphatic heterocycles. The van der Waals surface area contributed by atoms with Crippen molar-refractivity contribution >= 4 is 78.0 Å². The standard InChI is InChI=1S/C32H26Br2N4O10/c1-12-7-21(39)25-18(29(12)40)10-16-14(23(25)17-11-22(48-4)30(41)27(34)26(17)33)5-6-15-24(16)32(43)36(31(15)42)13-8-19(37(44)45)28(35(2)3)20(9-13)38(46)47/h5,7-9,11,15-16,23-24,41H,6,10H2,1-4H3. The van der Waals surface area contributed by atoms with Gasteiger partial charge in [0.25, 0.3) is 0 Å². The number of hydrogen-bond acceptors (Lipinski definition) is 11. The van der Waals surface area contributed by atoms with Gasteiger partial charge in [-0.1, -0.05) is 11.6 Å². The van der Waals surface area contributed by atoms with E-state index in [1.165, 1.54) is 45.2 Å². The zero-order valence-corrected chi connectivity index (χ0v) is 28.9. The number of allylic oxidation sites excluding steroid dienone is 6. The molecule has 4 aliphatic rings. The molecule has 2 amide bonds. The van der Waals surface area contributed by atoms with E-state index in [1.807, 2.05) is 0 Å². The third-order valence-corrected chi connectivity index (χ3v) is 11.6. The van der Waals surface area contributed by atoms with Crippen LogP contribution in [-0.4, -0.2) is 59.5 Å². The quantitative estimate of drug-likeness (QED) is 0.129. The number of phenols is 1. The van der Waals surface area contributed by atoms with Crippen molar-refractivity contribution in [1.82, 2.24) is 0 Å². The van der Waals surface area contributed by atoms with Crippen molar-refractivity contribution in [3.05, 3.63) is 87.4 Å². The number of imide groups is 1. The molecule has 1 heterocycles. The van der Waals surface area contributed by atoms with Crippen LogP contribution in [0.25, 0.3) is 0 Å². The molecule has 2 aromatic rings. The number of carbonyl (C=O) groups is 4. The summed E-state index contributed by atoms with van der Waals surface area (Å²) in [5, 5.41) is 34.7. The Kier molecular flexibility index (Phi) is 8.14. The topological polar surface area (TPSA) is 190 Å². The molecule has 1 N–H and O–H groups in total. The van der Waals surface area contributed by atoms with E-state index in [0.717, 1.165) is 17.0 Å². The number of phenolic OH excluding ortho intramolecular Hbond substituents is 1. The Morgan fingerprint density at radius 3 is 2.17 bits per heavy atom. The Hall–Kier alpha value is -4.70. The van der Waals surface area contributed by atoms with Gasteiger partial charge in [-0.25, -0.2) is 4.90 Å². The summed E-state index contributed by atoms with van der Waals surface area (Å²) in [6.07, 6.45) is 3.07. The number of rotatable bonds is 6. The van der Waals surface area contributed by atoms with Crippen LogP contribution >= 0.6 is 31.9 Å². The lowest BCUT2D eigenvalue weighted by atomic mass is 9.59. The number of carbonyl (C=O) groups excluding carboxylic acids is 4. The Bertz CT molecular complexity index is 1980. The van der Waals surface area contributed by atoms with E-state index in [9.17, 15) is 44.5 Å². The van der Waals surface area contributed by atoms with Gasteiger partial charge in [-0.2, -0.15) is 0 Å². The number of benzene rings is 2. The largest absolute Gasteiger partial charge is 0.503 e. The molecule has 3 aliphatic carbocycles. The maximum Gasteiger partial charge on any atom is 0.301 e. The molecule has 4 unspecified atom stereocenters. The second-order valence-electron chi connectivity index (χ2n) is 12.1. The minimum atomic E-state index is -1.05. The first-order valence-corrected chi connectivity index (χ1v) is 16.2. The van der Waals surface area contributed by atoms with Crippen molar-refractivity contribution in [2.45, 2.75) is 25.7 Å². The number of Topliss-reactive ketones (excluding diaryl/α,β-unsaturated/α-hetero) is 1. The first-order chi connectivity index (χ1) is 22.6. The van der Waals surface area contributed by atoms with Crippen LogP contribution in [0.3, 0.4) is 0 Å². The Balaban J connectivity index is 1.52. The van der Waals surface area contributed by atoms with Crippen molar-refractivity contribution in [2.75, 3.05) is 31.0 Å². The Morgan fingerprint density at radius 2 is 1.60 bits per heavy atom. The second-order valence-corrected chi connectivity index (χ2v) is 13.7. The van der Waals surface area contributed by atoms with Crippen molar-refractivity contribution in [3.63, 3.8) is 0 Å². The number of anilines is 2. The molecule has 0 spiro atoms. The van der Waals surface area contributed by atoms with Crippen molar-refractivity contribution in [2.24, 2.45) is 17.8 Å². The average molecular weight is 786 g/mol. The van der Waals surface area contributed by atoms with Gasteiger partial charge in [-0.3, -0.25) is 39.4 Å². The lowest BCUT2D eigenvalue weighted by molar-refractivity contribution is -0.392. The maximum atomic E-state index is 14.3. The molecule has 14 nitrogen and oxygen atoms in total. The molecular formula is C32H26Br2N4O10. The van der Waals surface area contributed by atoms with Gasteiger partial charge < -0.3 is 14.7 Å². The number of halogens is 2. The summed E-state index contributed by atoms with van der Waals surface area (Å²) in [6.45, 7) is 1.52. The van der Waals surface area contributed by atoms with Gasteiger partial charge in [0, 0.05) is 53.3 Å². The van der Waals surface area contributed by atoms with E-state index < -0.39 is 56.7 Å². The number of ether oxygens (including phenoxy) is 1. The molecule has 0 radical (unpaired) electrons. The normalized spacial score (nSPS) is 23.3.